The van der Waals surface area contributed by atoms with Crippen LogP contribution >= 0.6 is 11.3 Å². The summed E-state index contributed by atoms with van der Waals surface area (Å²) in [5.74, 6) is 0.461. The summed E-state index contributed by atoms with van der Waals surface area (Å²) >= 11 is 1.71. The molecule has 2 aromatic carbocycles. The summed E-state index contributed by atoms with van der Waals surface area (Å²) in [5, 5.41) is 4.22. The van der Waals surface area contributed by atoms with Gasteiger partial charge in [0.15, 0.2) is 0 Å². The number of anilines is 1. The van der Waals surface area contributed by atoms with Gasteiger partial charge in [-0.2, -0.15) is 0 Å². The van der Waals surface area contributed by atoms with E-state index in [-0.39, 0.29) is 11.9 Å². The molecule has 0 spiro atoms. The highest BCUT2D eigenvalue weighted by molar-refractivity contribution is 7.16. The Balaban J connectivity index is 1.73. The molecular weight excluding hydrogens is 426 g/mol. The van der Waals surface area contributed by atoms with Gasteiger partial charge in [0.25, 0.3) is 5.91 Å². The lowest BCUT2D eigenvalue weighted by Gasteiger charge is -2.38. The van der Waals surface area contributed by atoms with Crippen molar-refractivity contribution < 1.29 is 4.79 Å². The van der Waals surface area contributed by atoms with Crippen LogP contribution < -0.4 is 5.32 Å². The van der Waals surface area contributed by atoms with Crippen LogP contribution in [0, 0.1) is 0 Å². The van der Waals surface area contributed by atoms with Gasteiger partial charge in [0.1, 0.15) is 5.00 Å². The first-order valence-corrected chi connectivity index (χ1v) is 12.8. The van der Waals surface area contributed by atoms with Crippen LogP contribution in [0.25, 0.3) is 0 Å². The predicted molar refractivity (Wildman–Crippen MR) is 140 cm³/mol. The van der Waals surface area contributed by atoms with Gasteiger partial charge >= 0.3 is 0 Å². The van der Waals surface area contributed by atoms with E-state index in [1.165, 1.54) is 21.6 Å². The zero-order valence-corrected chi connectivity index (χ0v) is 21.0. The minimum absolute atomic E-state index is 0.0476. The molecule has 0 bridgehead atoms. The first kappa shape index (κ1) is 23.7. The quantitative estimate of drug-likeness (QED) is 0.467. The minimum atomic E-state index is -0.0476. The smallest absolute Gasteiger partial charge is 0.256 e. The van der Waals surface area contributed by atoms with E-state index in [2.05, 4.69) is 73.3 Å². The summed E-state index contributed by atoms with van der Waals surface area (Å²) in [4.78, 5) is 19.3. The van der Waals surface area contributed by atoms with Crippen molar-refractivity contribution in [2.45, 2.75) is 39.2 Å². The van der Waals surface area contributed by atoms with Gasteiger partial charge in [-0.15, -0.1) is 11.3 Å². The molecule has 0 unspecified atom stereocenters. The van der Waals surface area contributed by atoms with E-state index in [1.54, 1.807) is 11.3 Å². The fraction of sp³-hybridized carbons (Fsp3) is 0.393. The van der Waals surface area contributed by atoms with Crippen LogP contribution in [0.5, 0.6) is 0 Å². The molecule has 2 heterocycles. The van der Waals surface area contributed by atoms with Crippen molar-refractivity contribution in [1.29, 1.82) is 0 Å². The van der Waals surface area contributed by atoms with Crippen LogP contribution in [0.1, 0.15) is 64.7 Å². The number of carbonyl (C=O) groups excluding carboxylic acids is 1. The van der Waals surface area contributed by atoms with Gasteiger partial charge in [-0.3, -0.25) is 9.69 Å². The molecule has 1 amide bonds. The van der Waals surface area contributed by atoms with Gasteiger partial charge in [-0.1, -0.05) is 63.2 Å². The number of nitrogens with zero attached hydrogens (tertiary/aromatic N) is 2. The largest absolute Gasteiger partial charge is 0.313 e. The summed E-state index contributed by atoms with van der Waals surface area (Å²) in [7, 11) is 2.19. The van der Waals surface area contributed by atoms with Gasteiger partial charge in [0.05, 0.1) is 6.04 Å². The average molecular weight is 462 g/mol. The van der Waals surface area contributed by atoms with Crippen LogP contribution in [0.3, 0.4) is 0 Å². The van der Waals surface area contributed by atoms with Gasteiger partial charge in [-0.05, 0) is 48.7 Å². The summed E-state index contributed by atoms with van der Waals surface area (Å²) in [6.45, 7) is 10.8. The lowest BCUT2D eigenvalue weighted by Crippen LogP contribution is -2.46. The van der Waals surface area contributed by atoms with Gasteiger partial charge in [-0.25, -0.2) is 0 Å². The van der Waals surface area contributed by atoms with E-state index in [1.807, 2.05) is 30.3 Å². The third kappa shape index (κ3) is 5.55. The molecule has 1 fully saturated rings. The van der Waals surface area contributed by atoms with Crippen molar-refractivity contribution >= 4 is 22.2 Å². The maximum Gasteiger partial charge on any atom is 0.256 e. The number of thiophene rings is 1. The number of carbonyl (C=O) groups is 1. The Morgan fingerprint density at radius 2 is 1.61 bits per heavy atom. The minimum Gasteiger partial charge on any atom is -0.313 e. The zero-order valence-electron chi connectivity index (χ0n) is 20.2. The molecule has 0 radical (unpaired) electrons. The first-order valence-electron chi connectivity index (χ1n) is 12.0. The molecule has 1 aliphatic heterocycles. The Morgan fingerprint density at radius 3 is 2.21 bits per heavy atom. The highest BCUT2D eigenvalue weighted by atomic mass is 32.1. The van der Waals surface area contributed by atoms with E-state index < -0.39 is 0 Å². The molecule has 0 aliphatic carbocycles. The average Bonchev–Trinajstić information content (AvgIpc) is 3.23. The fourth-order valence-corrected chi connectivity index (χ4v) is 5.45. The summed E-state index contributed by atoms with van der Waals surface area (Å²) in [6.07, 6.45) is 0.959. The molecule has 1 aliphatic rings. The second-order valence-electron chi connectivity index (χ2n) is 9.23. The highest BCUT2D eigenvalue weighted by Crippen LogP contribution is 2.40. The molecule has 174 valence electrons. The van der Waals surface area contributed by atoms with E-state index in [0.717, 1.165) is 37.6 Å². The van der Waals surface area contributed by atoms with Crippen LogP contribution in [-0.2, 0) is 6.42 Å². The Hall–Kier alpha value is -2.47. The number of piperazine rings is 1. The molecule has 1 N–H and O–H groups in total. The number of benzene rings is 2. The number of hydrogen-bond acceptors (Lipinski definition) is 4. The van der Waals surface area contributed by atoms with Gasteiger partial charge in [0, 0.05) is 42.2 Å². The number of hydrogen-bond donors (Lipinski definition) is 1. The summed E-state index contributed by atoms with van der Waals surface area (Å²) in [6, 6.07) is 21.0. The molecule has 5 heteroatoms. The Labute approximate surface area is 202 Å². The predicted octanol–water partition coefficient (Wildman–Crippen LogP) is 6.02. The van der Waals surface area contributed by atoms with Crippen LogP contribution in [-0.4, -0.2) is 48.9 Å². The number of likely N-dealkylation sites (N-methyl/N-ethyl adjacent to an activating group) is 1. The van der Waals surface area contributed by atoms with Crippen molar-refractivity contribution in [2.24, 2.45) is 0 Å². The monoisotopic (exact) mass is 461 g/mol. The molecule has 1 saturated heterocycles. The molecule has 1 aromatic heterocycles. The standard InChI is InChI=1S/C28H35N3OS/c1-5-24-19-25(28(33-24)29-27(32)23-9-7-6-8-10-23)26(31-17-15-30(4)16-18-31)22-13-11-21(12-14-22)20(2)3/h6-14,19-20,26H,5,15-18H2,1-4H3,(H,29,32)/t26-/m1/s1. The second kappa shape index (κ2) is 10.6. The number of nitrogens with one attached hydrogen (secondary N) is 1. The van der Waals surface area contributed by atoms with Crippen molar-refractivity contribution in [1.82, 2.24) is 9.80 Å². The van der Waals surface area contributed by atoms with Gasteiger partial charge in [0.2, 0.25) is 0 Å². The normalized spacial score (nSPS) is 16.2. The second-order valence-corrected chi connectivity index (χ2v) is 10.4. The maximum absolute atomic E-state index is 13.0. The Bertz CT molecular complexity index is 1050. The van der Waals surface area contributed by atoms with Crippen LogP contribution in [0.2, 0.25) is 0 Å². The SMILES string of the molecule is CCc1cc([C@@H](c2ccc(C(C)C)cc2)N2CCN(C)CC2)c(NC(=O)c2ccccc2)s1. The summed E-state index contributed by atoms with van der Waals surface area (Å²) < 4.78 is 0. The van der Waals surface area contributed by atoms with E-state index in [9.17, 15) is 4.79 Å². The van der Waals surface area contributed by atoms with Crippen molar-refractivity contribution in [3.05, 3.63) is 87.8 Å². The first-order chi connectivity index (χ1) is 16.0. The third-order valence-electron chi connectivity index (χ3n) is 6.54. The molecule has 4 rings (SSSR count). The maximum atomic E-state index is 13.0. The van der Waals surface area contributed by atoms with Crippen molar-refractivity contribution in [3.8, 4) is 0 Å². The lowest BCUT2D eigenvalue weighted by atomic mass is 9.94. The molecule has 1 atom stereocenters. The highest BCUT2D eigenvalue weighted by Gasteiger charge is 2.29. The Morgan fingerprint density at radius 1 is 0.970 bits per heavy atom. The molecular formula is C28H35N3OS. The van der Waals surface area contributed by atoms with Gasteiger partial charge < -0.3 is 10.2 Å². The fourth-order valence-electron chi connectivity index (χ4n) is 4.43. The molecule has 0 saturated carbocycles. The molecule has 3 aromatic rings. The number of rotatable bonds is 7. The van der Waals surface area contributed by atoms with Crippen LogP contribution in [0.15, 0.2) is 60.7 Å². The van der Waals surface area contributed by atoms with Crippen molar-refractivity contribution in [2.75, 3.05) is 38.5 Å². The van der Waals surface area contributed by atoms with E-state index >= 15 is 0 Å². The third-order valence-corrected chi connectivity index (χ3v) is 7.75. The topological polar surface area (TPSA) is 35.6 Å². The Kier molecular flexibility index (Phi) is 7.63. The molecule has 33 heavy (non-hydrogen) atoms. The van der Waals surface area contributed by atoms with Crippen molar-refractivity contribution in [3.63, 3.8) is 0 Å². The van der Waals surface area contributed by atoms with E-state index in [0.29, 0.717) is 11.5 Å². The lowest BCUT2D eigenvalue weighted by molar-refractivity contribution is 0.102. The molecule has 4 nitrogen and oxygen atoms in total. The number of aryl methyl sites for hydroxylation is 1. The summed E-state index contributed by atoms with van der Waals surface area (Å²) in [5.41, 5.74) is 4.54. The zero-order chi connectivity index (χ0) is 23.4. The van der Waals surface area contributed by atoms with Crippen LogP contribution in [0.4, 0.5) is 5.00 Å². The van der Waals surface area contributed by atoms with E-state index in [4.69, 9.17) is 0 Å². The number of amides is 1.